The van der Waals surface area contributed by atoms with Crippen molar-refractivity contribution in [1.29, 1.82) is 0 Å². The van der Waals surface area contributed by atoms with Crippen molar-refractivity contribution < 1.29 is 19.6 Å². The lowest BCUT2D eigenvalue weighted by Crippen LogP contribution is -3.20. The number of carbonyl (C=O) groups is 2. The van der Waals surface area contributed by atoms with E-state index in [2.05, 4.69) is 12.2 Å². The summed E-state index contributed by atoms with van der Waals surface area (Å²) in [6.07, 6.45) is 3.63. The molecule has 3 rings (SSSR count). The van der Waals surface area contributed by atoms with Gasteiger partial charge in [-0.25, -0.2) is 0 Å². The van der Waals surface area contributed by atoms with Crippen LogP contribution < -0.4 is 15.3 Å². The molecule has 2 bridgehead atoms. The zero-order valence-electron chi connectivity index (χ0n) is 11.6. The van der Waals surface area contributed by atoms with Gasteiger partial charge in [-0.3, -0.25) is 4.79 Å². The van der Waals surface area contributed by atoms with E-state index in [1.807, 2.05) is 0 Å². The van der Waals surface area contributed by atoms with Crippen LogP contribution in [0.3, 0.4) is 0 Å². The molecular formula is C14H24N2O3. The number of carboxylic acid groups (broad SMARTS) is 1. The molecule has 0 saturated carbocycles. The van der Waals surface area contributed by atoms with Crippen LogP contribution in [0.4, 0.5) is 0 Å². The lowest BCUT2D eigenvalue weighted by atomic mass is 9.74. The van der Waals surface area contributed by atoms with Crippen LogP contribution in [0.25, 0.3) is 0 Å². The number of aliphatic carboxylic acids is 1. The normalized spacial score (nSPS) is 33.1. The maximum absolute atomic E-state index is 11.5. The molecule has 1 amide bonds. The molecule has 3 fully saturated rings. The molecule has 4 atom stereocenters. The number of hydrogen-bond donors (Lipinski definition) is 2. The van der Waals surface area contributed by atoms with Crippen LogP contribution in [0.1, 0.15) is 39.0 Å². The number of carbonyl (C=O) groups excluding carboxylic acids is 2. The molecule has 3 aliphatic heterocycles. The van der Waals surface area contributed by atoms with E-state index in [4.69, 9.17) is 0 Å². The maximum atomic E-state index is 11.5. The minimum absolute atomic E-state index is 0.0331. The second kappa shape index (κ2) is 6.37. The summed E-state index contributed by atoms with van der Waals surface area (Å²) in [5.74, 6) is 0.353. The Kier molecular flexibility index (Phi) is 4.80. The average molecular weight is 268 g/mol. The molecule has 0 aliphatic carbocycles. The first-order valence-corrected chi connectivity index (χ1v) is 7.41. The number of carboxylic acids is 1. The molecule has 1 unspecified atom stereocenters. The summed E-state index contributed by atoms with van der Waals surface area (Å²) in [5.41, 5.74) is 0. The van der Waals surface area contributed by atoms with E-state index in [1.165, 1.54) is 32.4 Å². The first-order valence-electron chi connectivity index (χ1n) is 7.41. The van der Waals surface area contributed by atoms with Crippen molar-refractivity contribution in [3.63, 3.8) is 0 Å². The maximum Gasteiger partial charge on any atom is 0.220 e. The Bertz CT molecular complexity index is 346. The highest BCUT2D eigenvalue weighted by Crippen LogP contribution is 2.28. The third-order valence-electron chi connectivity index (χ3n) is 4.82. The Morgan fingerprint density at radius 1 is 1.37 bits per heavy atom. The number of fused-ring (bicyclic) bond motifs is 3. The van der Waals surface area contributed by atoms with Gasteiger partial charge in [-0.1, -0.05) is 6.92 Å². The Morgan fingerprint density at radius 2 is 2.16 bits per heavy atom. The van der Waals surface area contributed by atoms with Crippen LogP contribution >= 0.6 is 0 Å². The summed E-state index contributed by atoms with van der Waals surface area (Å²) in [5, 5.41) is 13.2. The predicted octanol–water partition coefficient (Wildman–Crippen LogP) is -1.66. The van der Waals surface area contributed by atoms with Gasteiger partial charge in [0, 0.05) is 31.1 Å². The molecule has 5 heteroatoms. The van der Waals surface area contributed by atoms with Crippen molar-refractivity contribution >= 4 is 11.9 Å². The monoisotopic (exact) mass is 268 g/mol. The molecule has 5 nitrogen and oxygen atoms in total. The van der Waals surface area contributed by atoms with Crippen LogP contribution in [0.15, 0.2) is 0 Å². The first-order chi connectivity index (χ1) is 9.10. The molecule has 2 N–H and O–H groups in total. The molecular weight excluding hydrogens is 244 g/mol. The summed E-state index contributed by atoms with van der Waals surface area (Å²) in [4.78, 5) is 23.4. The van der Waals surface area contributed by atoms with Gasteiger partial charge in [0.05, 0.1) is 19.6 Å². The van der Waals surface area contributed by atoms with Gasteiger partial charge in [0.1, 0.15) is 6.04 Å². The molecule has 3 heterocycles. The third kappa shape index (κ3) is 3.69. The smallest absolute Gasteiger partial charge is 0.220 e. The zero-order chi connectivity index (χ0) is 13.8. The molecule has 0 aromatic rings. The van der Waals surface area contributed by atoms with E-state index < -0.39 is 5.97 Å². The summed E-state index contributed by atoms with van der Waals surface area (Å²) in [6, 6.07) is 0.522. The van der Waals surface area contributed by atoms with Crippen molar-refractivity contribution in [3.05, 3.63) is 0 Å². The number of nitrogens with one attached hydrogen (secondary N) is 2. The Morgan fingerprint density at radius 3 is 2.74 bits per heavy atom. The van der Waals surface area contributed by atoms with E-state index in [1.54, 1.807) is 4.90 Å². The molecule has 3 aliphatic rings. The summed E-state index contributed by atoms with van der Waals surface area (Å²) in [6.45, 7) is 5.41. The van der Waals surface area contributed by atoms with Gasteiger partial charge in [0.25, 0.3) is 0 Å². The topological polar surface area (TPSA) is 73.7 Å². The van der Waals surface area contributed by atoms with Gasteiger partial charge >= 0.3 is 0 Å². The largest absolute Gasteiger partial charge is 0.550 e. The minimum atomic E-state index is -1.16. The predicted molar refractivity (Wildman–Crippen MR) is 68.2 cm³/mol. The SMILES string of the molecule is CC[C@H]1C[NH+]2CC[C@H]1C[C@@H]2CNC(=O)CCC(=O)[O-]. The summed E-state index contributed by atoms with van der Waals surface area (Å²) in [7, 11) is 0. The Balaban J connectivity index is 1.73. The van der Waals surface area contributed by atoms with Crippen molar-refractivity contribution in [2.45, 2.75) is 45.1 Å². The molecule has 0 aromatic heterocycles. The number of hydrogen-bond acceptors (Lipinski definition) is 3. The molecule has 19 heavy (non-hydrogen) atoms. The van der Waals surface area contributed by atoms with Crippen LogP contribution in [-0.4, -0.2) is 37.6 Å². The van der Waals surface area contributed by atoms with E-state index in [9.17, 15) is 14.7 Å². The quantitative estimate of drug-likeness (QED) is 0.605. The Labute approximate surface area is 114 Å². The van der Waals surface area contributed by atoms with E-state index >= 15 is 0 Å². The van der Waals surface area contributed by atoms with Crippen LogP contribution in [-0.2, 0) is 9.59 Å². The molecule has 0 spiro atoms. The minimum Gasteiger partial charge on any atom is -0.550 e. The molecule has 0 radical (unpaired) electrons. The highest BCUT2D eigenvalue weighted by Gasteiger charge is 2.42. The van der Waals surface area contributed by atoms with Crippen LogP contribution in [0.2, 0.25) is 0 Å². The number of quaternary nitrogens is 1. The fourth-order valence-corrected chi connectivity index (χ4v) is 3.67. The van der Waals surface area contributed by atoms with Gasteiger partial charge in [-0.05, 0) is 18.8 Å². The Hall–Kier alpha value is -1.10. The number of piperidine rings is 3. The second-order valence-electron chi connectivity index (χ2n) is 5.94. The van der Waals surface area contributed by atoms with Crippen LogP contribution in [0.5, 0.6) is 0 Å². The van der Waals surface area contributed by atoms with Crippen molar-refractivity contribution in [2.24, 2.45) is 11.8 Å². The van der Waals surface area contributed by atoms with E-state index in [0.717, 1.165) is 11.8 Å². The van der Waals surface area contributed by atoms with Crippen molar-refractivity contribution in [1.82, 2.24) is 5.32 Å². The van der Waals surface area contributed by atoms with Crippen LogP contribution in [0, 0.1) is 11.8 Å². The fraction of sp³-hybridized carbons (Fsp3) is 0.857. The number of amides is 1. The average Bonchev–Trinajstić information content (AvgIpc) is 2.43. The molecule has 0 aromatic carbocycles. The summed E-state index contributed by atoms with van der Waals surface area (Å²) < 4.78 is 0. The molecule has 3 saturated heterocycles. The second-order valence-corrected chi connectivity index (χ2v) is 5.94. The first kappa shape index (κ1) is 14.3. The van der Waals surface area contributed by atoms with Gasteiger partial charge in [-0.2, -0.15) is 0 Å². The van der Waals surface area contributed by atoms with Gasteiger partial charge in [-0.15, -0.1) is 0 Å². The van der Waals surface area contributed by atoms with Crippen molar-refractivity contribution in [3.8, 4) is 0 Å². The van der Waals surface area contributed by atoms with Gasteiger partial charge in [0.2, 0.25) is 5.91 Å². The highest BCUT2D eigenvalue weighted by molar-refractivity contribution is 5.79. The lowest BCUT2D eigenvalue weighted by Gasteiger charge is -2.46. The van der Waals surface area contributed by atoms with E-state index in [-0.39, 0.29) is 18.7 Å². The highest BCUT2D eigenvalue weighted by atomic mass is 16.4. The van der Waals surface area contributed by atoms with Gasteiger partial charge in [0.15, 0.2) is 0 Å². The number of rotatable bonds is 6. The lowest BCUT2D eigenvalue weighted by molar-refractivity contribution is -0.945. The third-order valence-corrected chi connectivity index (χ3v) is 4.82. The zero-order valence-corrected chi connectivity index (χ0v) is 11.6. The van der Waals surface area contributed by atoms with Gasteiger partial charge < -0.3 is 20.1 Å². The molecule has 108 valence electrons. The standard InChI is InChI=1S/C14H24N2O3/c1-2-10-9-16-6-5-11(10)7-12(16)8-15-13(17)3-4-14(18)19/h10-12H,2-9H2,1H3,(H,15,17)(H,18,19)/t10-,11-,12+/m0/s1. The fourth-order valence-electron chi connectivity index (χ4n) is 3.67. The summed E-state index contributed by atoms with van der Waals surface area (Å²) >= 11 is 0. The van der Waals surface area contributed by atoms with E-state index in [0.29, 0.717) is 12.6 Å². The van der Waals surface area contributed by atoms with Crippen molar-refractivity contribution in [2.75, 3.05) is 19.6 Å².